The van der Waals surface area contributed by atoms with E-state index in [0.29, 0.717) is 6.42 Å². The van der Waals surface area contributed by atoms with E-state index in [9.17, 15) is 0 Å². The smallest absolute Gasteiger partial charge is 0.0931 e. The van der Waals surface area contributed by atoms with Gasteiger partial charge in [-0.3, -0.25) is 0 Å². The highest BCUT2D eigenvalue weighted by atomic mass is 35.5. The molecule has 2 unspecified atom stereocenters. The first-order valence-electron chi connectivity index (χ1n) is 5.05. The molecule has 15 heavy (non-hydrogen) atoms. The minimum Gasteiger partial charge on any atom is -0.306 e. The summed E-state index contributed by atoms with van der Waals surface area (Å²) in [7, 11) is 0. The summed E-state index contributed by atoms with van der Waals surface area (Å²) < 4.78 is 0.812. The standard InChI is InChI=1S/C11H15ClN2S/c1-3-9(6-7-13)14-8(2)10-4-5-11(12)15-10/h4-5,8-9,14H,3,6H2,1-2H3. The number of thiophene rings is 1. The predicted molar refractivity (Wildman–Crippen MR) is 65.2 cm³/mol. The van der Waals surface area contributed by atoms with Crippen molar-refractivity contribution in [3.8, 4) is 6.07 Å². The number of hydrogen-bond donors (Lipinski definition) is 1. The molecule has 0 saturated heterocycles. The fourth-order valence-corrected chi connectivity index (χ4v) is 2.50. The van der Waals surface area contributed by atoms with Crippen LogP contribution < -0.4 is 5.32 Å². The van der Waals surface area contributed by atoms with Crippen molar-refractivity contribution < 1.29 is 0 Å². The quantitative estimate of drug-likeness (QED) is 0.854. The van der Waals surface area contributed by atoms with E-state index in [1.807, 2.05) is 12.1 Å². The lowest BCUT2D eigenvalue weighted by atomic mass is 10.1. The van der Waals surface area contributed by atoms with Gasteiger partial charge in [0.25, 0.3) is 0 Å². The van der Waals surface area contributed by atoms with Gasteiger partial charge in [-0.2, -0.15) is 5.26 Å². The van der Waals surface area contributed by atoms with Gasteiger partial charge in [-0.1, -0.05) is 18.5 Å². The van der Waals surface area contributed by atoms with E-state index in [0.717, 1.165) is 10.8 Å². The van der Waals surface area contributed by atoms with E-state index in [1.54, 1.807) is 11.3 Å². The van der Waals surface area contributed by atoms with Crippen LogP contribution in [0.5, 0.6) is 0 Å². The molecule has 0 aromatic carbocycles. The van der Waals surface area contributed by atoms with Crippen LogP contribution in [0.1, 0.15) is 37.6 Å². The zero-order valence-electron chi connectivity index (χ0n) is 8.96. The molecule has 1 rings (SSSR count). The second-order valence-electron chi connectivity index (χ2n) is 3.50. The van der Waals surface area contributed by atoms with Gasteiger partial charge in [0.15, 0.2) is 0 Å². The van der Waals surface area contributed by atoms with E-state index in [4.69, 9.17) is 16.9 Å². The Balaban J connectivity index is 2.54. The second kappa shape index (κ2) is 6.12. The van der Waals surface area contributed by atoms with Crippen molar-refractivity contribution in [2.24, 2.45) is 0 Å². The molecule has 0 spiro atoms. The number of rotatable bonds is 5. The summed E-state index contributed by atoms with van der Waals surface area (Å²) >= 11 is 7.46. The molecule has 2 nitrogen and oxygen atoms in total. The largest absolute Gasteiger partial charge is 0.306 e. The van der Waals surface area contributed by atoms with Crippen LogP contribution in [0.3, 0.4) is 0 Å². The molecule has 1 aromatic rings. The molecule has 0 aliphatic carbocycles. The minimum atomic E-state index is 0.265. The first-order chi connectivity index (χ1) is 7.17. The fourth-order valence-electron chi connectivity index (χ4n) is 1.43. The molecule has 0 fully saturated rings. The summed E-state index contributed by atoms with van der Waals surface area (Å²) in [6.45, 7) is 4.19. The summed E-state index contributed by atoms with van der Waals surface area (Å²) in [4.78, 5) is 1.22. The molecule has 2 atom stereocenters. The van der Waals surface area contributed by atoms with Crippen LogP contribution in [0, 0.1) is 11.3 Å². The van der Waals surface area contributed by atoms with Crippen molar-refractivity contribution in [1.29, 1.82) is 5.26 Å². The van der Waals surface area contributed by atoms with Crippen molar-refractivity contribution >= 4 is 22.9 Å². The third-order valence-electron chi connectivity index (χ3n) is 2.34. The summed E-state index contributed by atoms with van der Waals surface area (Å²) in [5.74, 6) is 0. The van der Waals surface area contributed by atoms with Gasteiger partial charge >= 0.3 is 0 Å². The minimum absolute atomic E-state index is 0.265. The number of nitrogens with zero attached hydrogens (tertiary/aromatic N) is 1. The van der Waals surface area contributed by atoms with Crippen LogP contribution in [-0.4, -0.2) is 6.04 Å². The Labute approximate surface area is 99.9 Å². The Morgan fingerprint density at radius 2 is 2.33 bits per heavy atom. The van der Waals surface area contributed by atoms with E-state index in [2.05, 4.69) is 25.2 Å². The maximum Gasteiger partial charge on any atom is 0.0931 e. The normalized spacial score (nSPS) is 14.5. The Morgan fingerprint density at radius 1 is 1.60 bits per heavy atom. The molecule has 0 saturated carbocycles. The van der Waals surface area contributed by atoms with Gasteiger partial charge in [0.05, 0.1) is 16.8 Å². The van der Waals surface area contributed by atoms with Gasteiger partial charge in [0.1, 0.15) is 0 Å². The average Bonchev–Trinajstić information content (AvgIpc) is 2.64. The van der Waals surface area contributed by atoms with E-state index >= 15 is 0 Å². The first-order valence-corrected chi connectivity index (χ1v) is 6.25. The van der Waals surface area contributed by atoms with Gasteiger partial charge in [-0.15, -0.1) is 11.3 Å². The molecule has 0 bridgehead atoms. The third kappa shape index (κ3) is 3.83. The molecule has 4 heteroatoms. The number of halogens is 1. The first kappa shape index (κ1) is 12.5. The molecule has 0 radical (unpaired) electrons. The van der Waals surface area contributed by atoms with Crippen LogP contribution >= 0.6 is 22.9 Å². The molecular formula is C11H15ClN2S. The highest BCUT2D eigenvalue weighted by Gasteiger charge is 2.12. The van der Waals surface area contributed by atoms with E-state index in [1.165, 1.54) is 4.88 Å². The monoisotopic (exact) mass is 242 g/mol. The van der Waals surface area contributed by atoms with Crippen molar-refractivity contribution in [3.63, 3.8) is 0 Å². The highest BCUT2D eigenvalue weighted by Crippen LogP contribution is 2.27. The Kier molecular flexibility index (Phi) is 5.10. The average molecular weight is 243 g/mol. The Morgan fingerprint density at radius 3 is 2.80 bits per heavy atom. The Bertz CT molecular complexity index is 343. The SMILES string of the molecule is CCC(CC#N)NC(C)c1ccc(Cl)s1. The number of nitriles is 1. The third-order valence-corrected chi connectivity index (χ3v) is 3.75. The van der Waals surface area contributed by atoms with Gasteiger partial charge in [0.2, 0.25) is 0 Å². The molecule has 1 heterocycles. The van der Waals surface area contributed by atoms with E-state index < -0.39 is 0 Å². The van der Waals surface area contributed by atoms with Gasteiger partial charge < -0.3 is 5.32 Å². The van der Waals surface area contributed by atoms with Crippen LogP contribution in [0.25, 0.3) is 0 Å². The van der Waals surface area contributed by atoms with Crippen molar-refractivity contribution in [1.82, 2.24) is 5.32 Å². The zero-order valence-corrected chi connectivity index (χ0v) is 10.5. The highest BCUT2D eigenvalue weighted by molar-refractivity contribution is 7.16. The van der Waals surface area contributed by atoms with Crippen LogP contribution in [0.4, 0.5) is 0 Å². The van der Waals surface area contributed by atoms with E-state index in [-0.39, 0.29) is 12.1 Å². The zero-order chi connectivity index (χ0) is 11.3. The molecular weight excluding hydrogens is 228 g/mol. The summed E-state index contributed by atoms with van der Waals surface area (Å²) in [6, 6.07) is 6.67. The van der Waals surface area contributed by atoms with Crippen molar-refractivity contribution in [2.45, 2.75) is 38.8 Å². The summed E-state index contributed by atoms with van der Waals surface area (Å²) in [5.41, 5.74) is 0. The van der Waals surface area contributed by atoms with Gasteiger partial charge in [-0.25, -0.2) is 0 Å². The molecule has 1 aromatic heterocycles. The maximum absolute atomic E-state index is 8.65. The van der Waals surface area contributed by atoms with Crippen molar-refractivity contribution in [2.75, 3.05) is 0 Å². The Hall–Kier alpha value is -0.560. The lowest BCUT2D eigenvalue weighted by molar-refractivity contribution is 0.452. The molecule has 1 N–H and O–H groups in total. The summed E-state index contributed by atoms with van der Waals surface area (Å²) in [6.07, 6.45) is 1.52. The van der Waals surface area contributed by atoms with Crippen LogP contribution in [0.2, 0.25) is 4.34 Å². The lowest BCUT2D eigenvalue weighted by Gasteiger charge is -2.19. The lowest BCUT2D eigenvalue weighted by Crippen LogP contribution is -2.30. The molecule has 82 valence electrons. The van der Waals surface area contributed by atoms with Crippen LogP contribution in [0.15, 0.2) is 12.1 Å². The molecule has 0 aliphatic rings. The maximum atomic E-state index is 8.65. The molecule has 0 aliphatic heterocycles. The molecule has 0 amide bonds. The predicted octanol–water partition coefficient (Wildman–Crippen LogP) is 3.74. The topological polar surface area (TPSA) is 35.8 Å². The van der Waals surface area contributed by atoms with Crippen molar-refractivity contribution in [3.05, 3.63) is 21.3 Å². The van der Waals surface area contributed by atoms with Gasteiger partial charge in [0, 0.05) is 17.0 Å². The number of nitrogens with one attached hydrogen (secondary N) is 1. The van der Waals surface area contributed by atoms with Gasteiger partial charge in [-0.05, 0) is 25.5 Å². The second-order valence-corrected chi connectivity index (χ2v) is 5.24. The number of hydrogen-bond acceptors (Lipinski definition) is 3. The summed E-state index contributed by atoms with van der Waals surface area (Å²) in [5, 5.41) is 12.1. The fraction of sp³-hybridized carbons (Fsp3) is 0.545. The van der Waals surface area contributed by atoms with Crippen LogP contribution in [-0.2, 0) is 0 Å².